The van der Waals surface area contributed by atoms with Crippen molar-refractivity contribution in [2.75, 3.05) is 115 Å². The molecule has 0 saturated carbocycles. The summed E-state index contributed by atoms with van der Waals surface area (Å²) in [6.07, 6.45) is -1.34. The number of aromatic amines is 2. The summed E-state index contributed by atoms with van der Waals surface area (Å²) in [6.45, 7) is 21.0. The maximum absolute atomic E-state index is 14.4. The molecule has 11 rings (SSSR count). The first-order valence-electron chi connectivity index (χ1n) is 30.4. The number of hydrogen-bond acceptors (Lipinski definition) is 16. The first-order valence-corrected chi connectivity index (χ1v) is 32.0. The molecule has 4 saturated heterocycles. The van der Waals surface area contributed by atoms with Gasteiger partial charge in [0.15, 0.2) is 11.5 Å². The molecule has 4 amide bonds. The van der Waals surface area contributed by atoms with Gasteiger partial charge < -0.3 is 60.0 Å². The molecule has 6 aliphatic rings. The molecule has 88 heavy (non-hydrogen) atoms. The average molecular weight is 1340 g/mol. The normalized spacial score (nSPS) is 23.9. The number of ether oxygens (including phenoxy) is 4. The largest absolute Gasteiger partial charge is 0.451 e. The van der Waals surface area contributed by atoms with Crippen LogP contribution in [0.1, 0.15) is 64.1 Å². The molecule has 0 aliphatic carbocycles. The highest BCUT2D eigenvalue weighted by molar-refractivity contribution is 9.10. The third-order valence-corrected chi connectivity index (χ3v) is 18.7. The van der Waals surface area contributed by atoms with Gasteiger partial charge in [-0.15, -0.1) is 0 Å². The monoisotopic (exact) mass is 1330 g/mol. The van der Waals surface area contributed by atoms with Crippen LogP contribution in [0.2, 0.25) is 0 Å². The van der Waals surface area contributed by atoms with Crippen LogP contribution in [-0.4, -0.2) is 194 Å². The average Bonchev–Trinajstić information content (AvgIpc) is 2.75. The molecule has 0 unspecified atom stereocenters. The molecule has 3 aromatic carbocycles. The van der Waals surface area contributed by atoms with Crippen LogP contribution >= 0.6 is 31.9 Å². The molecule has 6 aliphatic heterocycles. The molecule has 5 aromatic rings. The predicted molar refractivity (Wildman–Crippen MR) is 341 cm³/mol. The summed E-state index contributed by atoms with van der Waals surface area (Å²) in [4.78, 5) is 101. The first-order chi connectivity index (χ1) is 42.1. The molecule has 0 radical (unpaired) electrons. The fourth-order valence-corrected chi connectivity index (χ4v) is 13.3. The highest BCUT2D eigenvalue weighted by Crippen LogP contribution is 2.42. The number of hydrogen-bond donors (Lipinski definition) is 6. The van der Waals surface area contributed by atoms with Crippen molar-refractivity contribution < 1.29 is 38.1 Å². The minimum Gasteiger partial charge on any atom is -0.451 e. The van der Waals surface area contributed by atoms with Gasteiger partial charge >= 0.3 is 0 Å². The minimum absolute atomic E-state index is 0.00600. The van der Waals surface area contributed by atoms with Crippen LogP contribution in [0.4, 0.5) is 11.4 Å². The topological polar surface area (TPSA) is 238 Å². The Morgan fingerprint density at radius 1 is 0.580 bits per heavy atom. The van der Waals surface area contributed by atoms with Crippen molar-refractivity contribution in [3.63, 3.8) is 0 Å². The number of anilines is 2. The summed E-state index contributed by atoms with van der Waals surface area (Å²) in [5.41, 5.74) is 2.81. The van der Waals surface area contributed by atoms with E-state index in [0.717, 1.165) is 20.1 Å². The number of pyridine rings is 2. The molecule has 6 N–H and O–H groups in total. The minimum atomic E-state index is -0.668. The van der Waals surface area contributed by atoms with E-state index in [-0.39, 0.29) is 83.5 Å². The molecule has 2 aromatic heterocycles. The summed E-state index contributed by atoms with van der Waals surface area (Å²) in [5.74, 6) is 0.714. The molecule has 0 bridgehead atoms. The number of rotatable bonds is 18. The zero-order chi connectivity index (χ0) is 62.0. The number of halogens is 2. The molecule has 24 heteroatoms. The number of piperazine rings is 2. The molecule has 0 spiro atoms. The summed E-state index contributed by atoms with van der Waals surface area (Å²) < 4.78 is 25.8. The van der Waals surface area contributed by atoms with Crippen LogP contribution in [-0.2, 0) is 52.6 Å². The Bertz CT molecular complexity index is 3250. The molecule has 8 heterocycles. The van der Waals surface area contributed by atoms with Gasteiger partial charge in [-0.3, -0.25) is 48.4 Å². The predicted octanol–water partition coefficient (Wildman–Crippen LogP) is 4.78. The van der Waals surface area contributed by atoms with Gasteiger partial charge in [0, 0.05) is 159 Å². The summed E-state index contributed by atoms with van der Waals surface area (Å²) in [6, 6.07) is 25.9. The highest BCUT2D eigenvalue weighted by Gasteiger charge is 2.44. The number of benzene rings is 3. The van der Waals surface area contributed by atoms with Gasteiger partial charge in [-0.05, 0) is 73.5 Å². The van der Waals surface area contributed by atoms with Gasteiger partial charge in [-0.25, -0.2) is 0 Å². The Balaban J connectivity index is 0.629. The molecular weight excluding hydrogens is 1260 g/mol. The van der Waals surface area contributed by atoms with E-state index in [4.69, 9.17) is 18.9 Å². The molecule has 6 atom stereocenters. The first kappa shape index (κ1) is 63.3. The van der Waals surface area contributed by atoms with E-state index in [9.17, 15) is 28.8 Å². The van der Waals surface area contributed by atoms with Crippen LogP contribution in [0, 0.1) is 0 Å². The van der Waals surface area contributed by atoms with Gasteiger partial charge in [0.25, 0.3) is 22.9 Å². The van der Waals surface area contributed by atoms with Crippen LogP contribution in [0.3, 0.4) is 0 Å². The van der Waals surface area contributed by atoms with E-state index >= 15 is 0 Å². The second kappa shape index (κ2) is 27.0. The third-order valence-electron chi connectivity index (χ3n) is 17.6. The maximum Gasteiger partial charge on any atom is 0.291 e. The number of nitrogens with one attached hydrogen (secondary N) is 6. The number of aromatic nitrogens is 2. The lowest BCUT2D eigenvalue weighted by Crippen LogP contribution is -2.62. The molecular formula is C64H80Br2N12O10. The molecule has 470 valence electrons. The van der Waals surface area contributed by atoms with Crippen molar-refractivity contribution in [2.24, 2.45) is 0 Å². The lowest BCUT2D eigenvalue weighted by atomic mass is 9.91. The Labute approximate surface area is 529 Å². The maximum atomic E-state index is 14.4. The second-order valence-corrected chi connectivity index (χ2v) is 27.4. The number of carbonyl (C=O) groups excluding carboxylic acids is 4. The number of carbonyl (C=O) groups is 4. The summed E-state index contributed by atoms with van der Waals surface area (Å²) in [5, 5.41) is 13.3. The van der Waals surface area contributed by atoms with Gasteiger partial charge in [-0.1, -0.05) is 83.8 Å². The Morgan fingerprint density at radius 2 is 0.966 bits per heavy atom. The van der Waals surface area contributed by atoms with E-state index in [2.05, 4.69) is 96.5 Å². The number of nitrogens with zero attached hydrogens (tertiary/aromatic N) is 6. The fourth-order valence-electron chi connectivity index (χ4n) is 12.8. The standard InChI is InChI=1S/C64H80Br2N12O10/c1-39-29-75(35-55(79)77-37-63(3,4)57-49(77)23-51(61(83)71-57)87-47-15-11-43(65)12-16-47)45(27-67-39)31-73-19-21-85-53(33-73)59(81)69-25-41-7-9-42(10-8-41)26-70-60(82)54-34-74(20-22-86-54)32-46-28-68-40(2)30-76(46)36-56(80)78-38-64(5,6)58-50(78)24-52(62(84)72-58)88-48-17-13-44(66)14-18-48/h7-18,23-24,39-40,45-46,53-54,67-68H,19-22,25-38H2,1-6H3,(H,69,81)(H,70,82)(H,71,83)(H,72,84)/t39-,40-,45-,46-,53+,54+/m1/s1. The van der Waals surface area contributed by atoms with Gasteiger partial charge in [0.1, 0.15) is 23.7 Å². The Kier molecular flexibility index (Phi) is 19.4. The zero-order valence-corrected chi connectivity index (χ0v) is 54.0. The Hall–Kier alpha value is -6.32. The van der Waals surface area contributed by atoms with E-state index in [1.807, 2.05) is 76.2 Å². The van der Waals surface area contributed by atoms with E-state index in [1.165, 1.54) is 0 Å². The quantitative estimate of drug-likeness (QED) is 0.0692. The fraction of sp³-hybridized carbons (Fsp3) is 0.500. The van der Waals surface area contributed by atoms with E-state index in [0.29, 0.717) is 139 Å². The molecule has 4 fully saturated rings. The van der Waals surface area contributed by atoms with Gasteiger partial charge in [0.05, 0.1) is 37.7 Å². The van der Waals surface area contributed by atoms with Crippen LogP contribution in [0.15, 0.2) is 103 Å². The van der Waals surface area contributed by atoms with Crippen molar-refractivity contribution in [1.29, 1.82) is 0 Å². The van der Waals surface area contributed by atoms with E-state index in [1.54, 1.807) is 46.2 Å². The molecule has 22 nitrogen and oxygen atoms in total. The summed E-state index contributed by atoms with van der Waals surface area (Å²) >= 11 is 6.87. The van der Waals surface area contributed by atoms with Crippen molar-refractivity contribution in [3.05, 3.63) is 137 Å². The third kappa shape index (κ3) is 14.9. The Morgan fingerprint density at radius 3 is 1.35 bits per heavy atom. The van der Waals surface area contributed by atoms with Crippen molar-refractivity contribution in [1.82, 2.24) is 50.8 Å². The van der Waals surface area contributed by atoms with Crippen LogP contribution in [0.5, 0.6) is 23.0 Å². The highest BCUT2D eigenvalue weighted by atomic mass is 79.9. The van der Waals surface area contributed by atoms with Crippen molar-refractivity contribution in [2.45, 2.75) is 102 Å². The lowest BCUT2D eigenvalue weighted by molar-refractivity contribution is -0.139. The number of fused-ring (bicyclic) bond motifs is 2. The summed E-state index contributed by atoms with van der Waals surface area (Å²) in [7, 11) is 0. The second-order valence-electron chi connectivity index (χ2n) is 25.6. The van der Waals surface area contributed by atoms with Crippen molar-refractivity contribution >= 4 is 66.9 Å². The van der Waals surface area contributed by atoms with Crippen LogP contribution in [0.25, 0.3) is 0 Å². The van der Waals surface area contributed by atoms with Gasteiger partial charge in [-0.2, -0.15) is 0 Å². The van der Waals surface area contributed by atoms with Gasteiger partial charge in [0.2, 0.25) is 11.8 Å². The number of H-pyrrole nitrogens is 2. The zero-order valence-electron chi connectivity index (χ0n) is 50.8. The number of morpholine rings is 2. The SMILES string of the molecule is C[C@@H]1CN(CC(=O)N2CC(C)(C)c3[nH]c(=O)c(Oc4ccc(Br)cc4)cc32)[C@@H](CN2CCO[C@H](C(=O)NCc3ccc(CNC(=O)[C@@H]4CN(C[C@H]5CN[C@H](C)CN5CC(=O)N5CC(C)(C)c6[nH]c(=O)c(Oc7ccc(Br)cc7)cc65)CCO4)cc3)C2)CN1. The van der Waals surface area contributed by atoms with E-state index < -0.39 is 23.0 Å². The smallest absolute Gasteiger partial charge is 0.291 e. The van der Waals surface area contributed by atoms with Crippen LogP contribution < -0.4 is 51.7 Å². The number of amides is 4. The van der Waals surface area contributed by atoms with Crippen molar-refractivity contribution in [3.8, 4) is 23.0 Å². The lowest BCUT2D eigenvalue weighted by Gasteiger charge is -2.43.